The number of hydrogen-bond donors (Lipinski definition) is 0. The van der Waals surface area contributed by atoms with Crippen LogP contribution in [-0.2, 0) is 0 Å². The van der Waals surface area contributed by atoms with Crippen molar-refractivity contribution in [3.63, 3.8) is 0 Å². The zero-order valence-corrected chi connectivity index (χ0v) is 6.26. The van der Waals surface area contributed by atoms with Crippen LogP contribution < -0.4 is 29.6 Å². The summed E-state index contributed by atoms with van der Waals surface area (Å²) in [5.41, 5.74) is 0. The van der Waals surface area contributed by atoms with E-state index in [1.165, 1.54) is 0 Å². The molecule has 0 unspecified atom stereocenters. The smallest absolute Gasteiger partial charge is 0.342 e. The van der Waals surface area contributed by atoms with Gasteiger partial charge in [0, 0.05) is 0 Å². The minimum absolute atomic E-state index is 0. The summed E-state index contributed by atoms with van der Waals surface area (Å²) in [4.78, 5) is 0. The van der Waals surface area contributed by atoms with E-state index in [9.17, 15) is 0 Å². The molecule has 0 amide bonds. The SMILES string of the molecule is [CH2-]CCCl.[Na+]. The molecule has 2 heteroatoms. The molecule has 0 atom stereocenters. The van der Waals surface area contributed by atoms with Gasteiger partial charge in [0.2, 0.25) is 0 Å². The molecule has 0 rings (SSSR count). The Morgan fingerprint density at radius 2 is 1.80 bits per heavy atom. The Morgan fingerprint density at radius 3 is 1.80 bits per heavy atom. The maximum Gasteiger partial charge on any atom is 1.00 e. The molecule has 5 heavy (non-hydrogen) atoms. The van der Waals surface area contributed by atoms with Crippen molar-refractivity contribution < 1.29 is 29.6 Å². The molecule has 0 aromatic carbocycles. The Morgan fingerprint density at radius 1 is 1.60 bits per heavy atom. The van der Waals surface area contributed by atoms with Gasteiger partial charge in [0.15, 0.2) is 0 Å². The topological polar surface area (TPSA) is 0 Å². The first kappa shape index (κ1) is 9.56. The molecule has 0 aromatic heterocycles. The standard InChI is InChI=1S/C3H6Cl.Na/c1-2-3-4;/h1-3H2;/q-1;+1. The first-order valence-corrected chi connectivity index (χ1v) is 1.80. The first-order chi connectivity index (χ1) is 1.91. The molecular weight excluding hydrogens is 94.5 g/mol. The number of rotatable bonds is 1. The predicted molar refractivity (Wildman–Crippen MR) is 20.7 cm³/mol. The largest absolute Gasteiger partial charge is 1.00 e. The molecule has 0 saturated carbocycles. The third kappa shape index (κ3) is 10.9. The first-order valence-electron chi connectivity index (χ1n) is 1.27. The van der Waals surface area contributed by atoms with Crippen molar-refractivity contribution in [2.24, 2.45) is 0 Å². The van der Waals surface area contributed by atoms with Crippen LogP contribution in [-0.4, -0.2) is 5.88 Å². The molecule has 0 aliphatic heterocycles. The monoisotopic (exact) mass is 100 g/mol. The van der Waals surface area contributed by atoms with Crippen LogP contribution in [0.2, 0.25) is 0 Å². The van der Waals surface area contributed by atoms with E-state index in [1.54, 1.807) is 0 Å². The van der Waals surface area contributed by atoms with Crippen molar-refractivity contribution >= 4 is 11.6 Å². The van der Waals surface area contributed by atoms with Crippen molar-refractivity contribution in [1.29, 1.82) is 0 Å². The van der Waals surface area contributed by atoms with Gasteiger partial charge >= 0.3 is 29.6 Å². The van der Waals surface area contributed by atoms with E-state index in [1.807, 2.05) is 0 Å². The normalized spacial score (nSPS) is 6.00. The van der Waals surface area contributed by atoms with Crippen LogP contribution in [0.4, 0.5) is 0 Å². The second-order valence-corrected chi connectivity index (χ2v) is 0.921. The van der Waals surface area contributed by atoms with E-state index >= 15 is 0 Å². The number of hydrogen-bond acceptors (Lipinski definition) is 0. The summed E-state index contributed by atoms with van der Waals surface area (Å²) >= 11 is 5.12. The van der Waals surface area contributed by atoms with Crippen LogP contribution in [0, 0.1) is 6.92 Å². The van der Waals surface area contributed by atoms with Gasteiger partial charge in [-0.25, -0.2) is 0 Å². The minimum Gasteiger partial charge on any atom is -0.342 e. The maximum atomic E-state index is 5.12. The Bertz CT molecular complexity index is 8.85. The van der Waals surface area contributed by atoms with Crippen molar-refractivity contribution in [2.45, 2.75) is 6.42 Å². The summed E-state index contributed by atoms with van der Waals surface area (Å²) in [7, 11) is 0. The summed E-state index contributed by atoms with van der Waals surface area (Å²) in [6, 6.07) is 0. The molecule has 0 aromatic rings. The maximum absolute atomic E-state index is 5.12. The summed E-state index contributed by atoms with van der Waals surface area (Å²) in [5, 5.41) is 0. The zero-order chi connectivity index (χ0) is 3.41. The van der Waals surface area contributed by atoms with Crippen molar-refractivity contribution in [3.8, 4) is 0 Å². The van der Waals surface area contributed by atoms with E-state index in [-0.39, 0.29) is 29.6 Å². The Kier molecular flexibility index (Phi) is 17.2. The van der Waals surface area contributed by atoms with Crippen LogP contribution in [0.1, 0.15) is 6.42 Å². The Hall–Kier alpha value is 1.29. The van der Waals surface area contributed by atoms with Gasteiger partial charge in [0.25, 0.3) is 0 Å². The van der Waals surface area contributed by atoms with Crippen LogP contribution in [0.5, 0.6) is 0 Å². The molecule has 26 valence electrons. The second-order valence-electron chi connectivity index (χ2n) is 0.543. The fourth-order valence-corrected chi connectivity index (χ4v) is 0. The summed E-state index contributed by atoms with van der Waals surface area (Å²) < 4.78 is 0. The molecular formula is C3H6ClNa. The fraction of sp³-hybridized carbons (Fsp3) is 0.667. The van der Waals surface area contributed by atoms with Gasteiger partial charge in [0.1, 0.15) is 0 Å². The van der Waals surface area contributed by atoms with Crippen LogP contribution in [0.3, 0.4) is 0 Å². The van der Waals surface area contributed by atoms with E-state index < -0.39 is 0 Å². The quantitative estimate of drug-likeness (QED) is 0.213. The fourth-order valence-electron chi connectivity index (χ4n) is 0. The van der Waals surface area contributed by atoms with Crippen molar-refractivity contribution in [1.82, 2.24) is 0 Å². The van der Waals surface area contributed by atoms with E-state index in [4.69, 9.17) is 11.6 Å². The van der Waals surface area contributed by atoms with Gasteiger partial charge in [-0.3, -0.25) is 0 Å². The van der Waals surface area contributed by atoms with E-state index in [0.29, 0.717) is 5.88 Å². The third-order valence-corrected chi connectivity index (χ3v) is 0.401. The number of halogens is 1. The molecule has 0 aliphatic rings. The number of alkyl halides is 1. The molecule has 0 saturated heterocycles. The van der Waals surface area contributed by atoms with E-state index in [2.05, 4.69) is 6.92 Å². The van der Waals surface area contributed by atoms with E-state index in [0.717, 1.165) is 6.42 Å². The van der Waals surface area contributed by atoms with Gasteiger partial charge in [0.05, 0.1) is 0 Å². The summed E-state index contributed by atoms with van der Waals surface area (Å²) in [5.74, 6) is 0.681. The van der Waals surface area contributed by atoms with Gasteiger partial charge in [-0.1, -0.05) is 0 Å². The van der Waals surface area contributed by atoms with Gasteiger partial charge in [-0.15, -0.1) is 11.6 Å². The molecule has 0 fully saturated rings. The molecule has 0 nitrogen and oxygen atoms in total. The average molecular weight is 101 g/mol. The molecule has 0 N–H and O–H groups in total. The van der Waals surface area contributed by atoms with Gasteiger partial charge < -0.3 is 6.92 Å². The molecule has 0 aliphatic carbocycles. The zero-order valence-electron chi connectivity index (χ0n) is 3.50. The summed E-state index contributed by atoms with van der Waals surface area (Å²) in [6.07, 6.45) is 0.835. The minimum atomic E-state index is 0. The van der Waals surface area contributed by atoms with Crippen molar-refractivity contribution in [3.05, 3.63) is 6.92 Å². The molecule has 0 heterocycles. The molecule has 0 bridgehead atoms. The predicted octanol–water partition coefficient (Wildman–Crippen LogP) is -1.55. The van der Waals surface area contributed by atoms with Crippen molar-refractivity contribution in [2.75, 3.05) is 5.88 Å². The Labute approximate surface area is 60.2 Å². The third-order valence-electron chi connectivity index (χ3n) is 0.134. The van der Waals surface area contributed by atoms with Crippen LogP contribution in [0.25, 0.3) is 0 Å². The second kappa shape index (κ2) is 8.99. The van der Waals surface area contributed by atoms with Gasteiger partial charge in [-0.05, 0) is 5.88 Å². The Balaban J connectivity index is 0. The van der Waals surface area contributed by atoms with Crippen LogP contribution in [0.15, 0.2) is 0 Å². The summed E-state index contributed by atoms with van der Waals surface area (Å²) in [6.45, 7) is 3.47. The van der Waals surface area contributed by atoms with Gasteiger partial charge in [-0.2, -0.15) is 6.42 Å². The molecule has 0 spiro atoms. The van der Waals surface area contributed by atoms with Crippen LogP contribution >= 0.6 is 11.6 Å². The average Bonchev–Trinajstić information content (AvgIpc) is 1.37. The molecule has 0 radical (unpaired) electrons.